The van der Waals surface area contributed by atoms with Crippen LogP contribution < -0.4 is 4.90 Å². The third-order valence-electron chi connectivity index (χ3n) is 3.66. The highest BCUT2D eigenvalue weighted by molar-refractivity contribution is 5.94. The summed E-state index contributed by atoms with van der Waals surface area (Å²) in [6.45, 7) is 5.01. The maximum absolute atomic E-state index is 11.3. The largest absolute Gasteiger partial charge is 0.478 e. The summed E-state index contributed by atoms with van der Waals surface area (Å²) in [7, 11) is 0. The average molecular weight is 248 g/mol. The van der Waals surface area contributed by atoms with Gasteiger partial charge in [-0.05, 0) is 38.7 Å². The summed E-state index contributed by atoms with van der Waals surface area (Å²) in [5.41, 5.74) is 2.03. The Morgan fingerprint density at radius 2 is 2.33 bits per heavy atom. The molecule has 1 fully saturated rings. The quantitative estimate of drug-likeness (QED) is 0.893. The van der Waals surface area contributed by atoms with Gasteiger partial charge in [0.2, 0.25) is 0 Å². The third-order valence-corrected chi connectivity index (χ3v) is 3.66. The summed E-state index contributed by atoms with van der Waals surface area (Å²) < 4.78 is 0. The maximum atomic E-state index is 11.3. The highest BCUT2D eigenvalue weighted by Crippen LogP contribution is 2.29. The number of anilines is 1. The van der Waals surface area contributed by atoms with Gasteiger partial charge < -0.3 is 10.0 Å². The first-order valence-electron chi connectivity index (χ1n) is 6.60. The van der Waals surface area contributed by atoms with Gasteiger partial charge in [-0.25, -0.2) is 4.79 Å². The molecule has 1 N–H and O–H groups in total. The van der Waals surface area contributed by atoms with E-state index >= 15 is 0 Å². The number of carboxylic acids is 1. The minimum Gasteiger partial charge on any atom is -0.478 e. The van der Waals surface area contributed by atoms with Gasteiger partial charge in [-0.15, -0.1) is 0 Å². The molecular formula is C14H20N2O2. The molecule has 1 aliphatic rings. The van der Waals surface area contributed by atoms with Crippen molar-refractivity contribution in [2.45, 2.75) is 45.6 Å². The zero-order valence-electron chi connectivity index (χ0n) is 11.0. The monoisotopic (exact) mass is 248 g/mol. The van der Waals surface area contributed by atoms with E-state index in [1.807, 2.05) is 13.0 Å². The van der Waals surface area contributed by atoms with Crippen molar-refractivity contribution in [2.24, 2.45) is 0 Å². The summed E-state index contributed by atoms with van der Waals surface area (Å²) in [6.07, 6.45) is 6.06. The molecule has 0 radical (unpaired) electrons. The molecular weight excluding hydrogens is 228 g/mol. The van der Waals surface area contributed by atoms with E-state index in [1.54, 1.807) is 0 Å². The van der Waals surface area contributed by atoms with Gasteiger partial charge in [-0.1, -0.05) is 6.92 Å². The summed E-state index contributed by atoms with van der Waals surface area (Å²) in [4.78, 5) is 17.7. The fraction of sp³-hybridized carbons (Fsp3) is 0.571. The SMILES string of the molecule is CCC1CCCCN1c1cc(C)ncc1C(=O)O. The molecule has 0 aromatic carbocycles. The third kappa shape index (κ3) is 2.47. The number of rotatable bonds is 3. The standard InChI is InChI=1S/C14H20N2O2/c1-3-11-6-4-5-7-16(11)13-8-10(2)15-9-12(13)14(17)18/h8-9,11H,3-7H2,1-2H3,(H,17,18). The predicted octanol–water partition coefficient (Wildman–Crippen LogP) is 2.86. The molecule has 0 aliphatic carbocycles. The number of aromatic carboxylic acids is 1. The second-order valence-corrected chi connectivity index (χ2v) is 4.90. The summed E-state index contributed by atoms with van der Waals surface area (Å²) in [5.74, 6) is -0.891. The molecule has 0 bridgehead atoms. The van der Waals surface area contributed by atoms with Gasteiger partial charge in [0, 0.05) is 24.5 Å². The Morgan fingerprint density at radius 1 is 1.56 bits per heavy atom. The molecule has 98 valence electrons. The first-order valence-corrected chi connectivity index (χ1v) is 6.60. The minimum atomic E-state index is -0.891. The maximum Gasteiger partial charge on any atom is 0.339 e. The van der Waals surface area contributed by atoms with Crippen molar-refractivity contribution in [1.29, 1.82) is 0 Å². The van der Waals surface area contributed by atoms with Crippen LogP contribution in [0.5, 0.6) is 0 Å². The molecule has 1 atom stereocenters. The average Bonchev–Trinajstić information content (AvgIpc) is 2.38. The van der Waals surface area contributed by atoms with Crippen molar-refractivity contribution < 1.29 is 9.90 Å². The molecule has 0 spiro atoms. The van der Waals surface area contributed by atoms with Crippen molar-refractivity contribution in [1.82, 2.24) is 4.98 Å². The Morgan fingerprint density at radius 3 is 3.00 bits per heavy atom. The van der Waals surface area contributed by atoms with Crippen LogP contribution in [0.2, 0.25) is 0 Å². The van der Waals surface area contributed by atoms with Crippen LogP contribution in [-0.2, 0) is 0 Å². The van der Waals surface area contributed by atoms with Crippen molar-refractivity contribution in [2.75, 3.05) is 11.4 Å². The van der Waals surface area contributed by atoms with E-state index in [0.717, 1.165) is 37.2 Å². The van der Waals surface area contributed by atoms with E-state index in [1.165, 1.54) is 12.6 Å². The summed E-state index contributed by atoms with van der Waals surface area (Å²) in [5, 5.41) is 9.28. The van der Waals surface area contributed by atoms with Gasteiger partial charge >= 0.3 is 5.97 Å². The van der Waals surface area contributed by atoms with Crippen LogP contribution in [0.15, 0.2) is 12.3 Å². The number of pyridine rings is 1. The van der Waals surface area contributed by atoms with Crippen molar-refractivity contribution >= 4 is 11.7 Å². The molecule has 1 aliphatic heterocycles. The van der Waals surface area contributed by atoms with E-state index in [0.29, 0.717) is 11.6 Å². The lowest BCUT2D eigenvalue weighted by atomic mass is 9.98. The second-order valence-electron chi connectivity index (χ2n) is 4.90. The van der Waals surface area contributed by atoms with Gasteiger partial charge in [0.25, 0.3) is 0 Å². The number of hydrogen-bond donors (Lipinski definition) is 1. The summed E-state index contributed by atoms with van der Waals surface area (Å²) >= 11 is 0. The molecule has 4 nitrogen and oxygen atoms in total. The number of nitrogens with zero attached hydrogens (tertiary/aromatic N) is 2. The molecule has 1 aromatic heterocycles. The van der Waals surface area contributed by atoms with Gasteiger partial charge in [0.15, 0.2) is 0 Å². The van der Waals surface area contributed by atoms with Gasteiger partial charge in [-0.2, -0.15) is 0 Å². The fourth-order valence-electron chi connectivity index (χ4n) is 2.69. The van der Waals surface area contributed by atoms with E-state index in [4.69, 9.17) is 0 Å². The number of aromatic nitrogens is 1. The van der Waals surface area contributed by atoms with Crippen molar-refractivity contribution in [3.63, 3.8) is 0 Å². The van der Waals surface area contributed by atoms with Crippen LogP contribution >= 0.6 is 0 Å². The minimum absolute atomic E-state index is 0.320. The second kappa shape index (κ2) is 5.38. The first kappa shape index (κ1) is 12.9. The van der Waals surface area contributed by atoms with Gasteiger partial charge in [-0.3, -0.25) is 4.98 Å². The highest BCUT2D eigenvalue weighted by atomic mass is 16.4. The zero-order valence-corrected chi connectivity index (χ0v) is 11.0. The van der Waals surface area contributed by atoms with Crippen LogP contribution in [0.3, 0.4) is 0 Å². The predicted molar refractivity (Wildman–Crippen MR) is 71.2 cm³/mol. The first-order chi connectivity index (χ1) is 8.63. The number of hydrogen-bond acceptors (Lipinski definition) is 3. The molecule has 0 amide bonds. The number of piperidine rings is 1. The summed E-state index contributed by atoms with van der Waals surface area (Å²) in [6, 6.07) is 2.36. The lowest BCUT2D eigenvalue weighted by Gasteiger charge is -2.37. The van der Waals surface area contributed by atoms with Crippen LogP contribution in [-0.4, -0.2) is 28.6 Å². The Kier molecular flexibility index (Phi) is 3.84. The van der Waals surface area contributed by atoms with Crippen molar-refractivity contribution in [3.8, 4) is 0 Å². The topological polar surface area (TPSA) is 53.4 Å². The normalized spacial score (nSPS) is 19.9. The van der Waals surface area contributed by atoms with Crippen molar-refractivity contribution in [3.05, 3.63) is 23.5 Å². The van der Waals surface area contributed by atoms with E-state index in [-0.39, 0.29) is 0 Å². The van der Waals surface area contributed by atoms with Crippen LogP contribution in [0.4, 0.5) is 5.69 Å². The molecule has 2 rings (SSSR count). The van der Waals surface area contributed by atoms with Crippen LogP contribution in [0, 0.1) is 6.92 Å². The fourth-order valence-corrected chi connectivity index (χ4v) is 2.69. The Labute approximate surface area is 108 Å². The zero-order chi connectivity index (χ0) is 13.1. The lowest BCUT2D eigenvalue weighted by molar-refractivity contribution is 0.0697. The van der Waals surface area contributed by atoms with Gasteiger partial charge in [0.1, 0.15) is 5.56 Å². The smallest absolute Gasteiger partial charge is 0.339 e. The molecule has 1 saturated heterocycles. The highest BCUT2D eigenvalue weighted by Gasteiger charge is 2.25. The molecule has 18 heavy (non-hydrogen) atoms. The molecule has 1 aromatic rings. The Bertz CT molecular complexity index is 445. The van der Waals surface area contributed by atoms with E-state index < -0.39 is 5.97 Å². The number of carboxylic acid groups (broad SMARTS) is 1. The van der Waals surface area contributed by atoms with E-state index in [9.17, 15) is 9.90 Å². The lowest BCUT2D eigenvalue weighted by Crippen LogP contribution is -2.40. The van der Waals surface area contributed by atoms with E-state index in [2.05, 4.69) is 16.8 Å². The number of carbonyl (C=O) groups is 1. The van der Waals surface area contributed by atoms with Gasteiger partial charge in [0.05, 0.1) is 5.69 Å². The molecule has 0 saturated carbocycles. The van der Waals surface area contributed by atoms with Crippen LogP contribution in [0.25, 0.3) is 0 Å². The Balaban J connectivity index is 2.41. The molecule has 2 heterocycles. The Hall–Kier alpha value is -1.58. The van der Waals surface area contributed by atoms with Crippen LogP contribution in [0.1, 0.15) is 48.7 Å². The molecule has 4 heteroatoms. The number of aryl methyl sites for hydroxylation is 1. The molecule has 1 unspecified atom stereocenters.